The Hall–Kier alpha value is -2.93. The molecule has 27 heavy (non-hydrogen) atoms. The zero-order valence-electron chi connectivity index (χ0n) is 14.9. The van der Waals surface area contributed by atoms with Crippen LogP contribution in [0.15, 0.2) is 47.1 Å². The maximum absolute atomic E-state index is 12.5. The summed E-state index contributed by atoms with van der Waals surface area (Å²) in [6.07, 6.45) is 3.11. The topological polar surface area (TPSA) is 75.4 Å². The summed E-state index contributed by atoms with van der Waals surface area (Å²) in [6.45, 7) is 3.05. The highest BCUT2D eigenvalue weighted by Crippen LogP contribution is 2.28. The third kappa shape index (κ3) is 3.64. The standard InChI is InChI=1S/C20H19N3O3S/c1-13-18(22-20(27-13)16-4-3-11-26-16)19(25)21-12-14-6-8-15(9-7-14)23-10-2-5-17(23)24/h3-4,6-9,11H,2,5,10,12H2,1H3,(H,21,25). The number of nitrogens with one attached hydrogen (secondary N) is 1. The first-order valence-electron chi connectivity index (χ1n) is 8.80. The lowest BCUT2D eigenvalue weighted by Crippen LogP contribution is -2.24. The number of anilines is 1. The zero-order valence-corrected chi connectivity index (χ0v) is 15.7. The van der Waals surface area contributed by atoms with Crippen LogP contribution in [0.3, 0.4) is 0 Å². The fraction of sp³-hybridized carbons (Fsp3) is 0.250. The largest absolute Gasteiger partial charge is 0.462 e. The summed E-state index contributed by atoms with van der Waals surface area (Å²) in [7, 11) is 0. The summed E-state index contributed by atoms with van der Waals surface area (Å²) in [6, 6.07) is 11.3. The molecule has 138 valence electrons. The van der Waals surface area contributed by atoms with E-state index in [9.17, 15) is 9.59 Å². The van der Waals surface area contributed by atoms with Crippen LogP contribution in [0, 0.1) is 6.92 Å². The van der Waals surface area contributed by atoms with Gasteiger partial charge in [-0.3, -0.25) is 9.59 Å². The molecule has 0 atom stereocenters. The van der Waals surface area contributed by atoms with Crippen LogP contribution in [-0.2, 0) is 11.3 Å². The molecule has 0 spiro atoms. The van der Waals surface area contributed by atoms with Gasteiger partial charge in [-0.15, -0.1) is 11.3 Å². The normalized spacial score (nSPS) is 14.0. The smallest absolute Gasteiger partial charge is 0.271 e. The summed E-state index contributed by atoms with van der Waals surface area (Å²) in [5.41, 5.74) is 2.30. The van der Waals surface area contributed by atoms with Crippen LogP contribution in [0.25, 0.3) is 10.8 Å². The highest BCUT2D eigenvalue weighted by Gasteiger charge is 2.21. The molecule has 2 aromatic heterocycles. The molecule has 0 unspecified atom stereocenters. The maximum atomic E-state index is 12.5. The molecule has 0 bridgehead atoms. The van der Waals surface area contributed by atoms with Crippen molar-refractivity contribution < 1.29 is 14.0 Å². The molecule has 6 nitrogen and oxygen atoms in total. The third-order valence-corrected chi connectivity index (χ3v) is 5.50. The van der Waals surface area contributed by atoms with Crippen molar-refractivity contribution in [3.8, 4) is 10.8 Å². The predicted molar refractivity (Wildman–Crippen MR) is 104 cm³/mol. The van der Waals surface area contributed by atoms with Gasteiger partial charge >= 0.3 is 0 Å². The van der Waals surface area contributed by atoms with Crippen molar-refractivity contribution in [1.82, 2.24) is 10.3 Å². The van der Waals surface area contributed by atoms with Gasteiger partial charge in [0.2, 0.25) is 5.91 Å². The fourth-order valence-electron chi connectivity index (χ4n) is 3.09. The van der Waals surface area contributed by atoms with Crippen molar-refractivity contribution in [1.29, 1.82) is 0 Å². The van der Waals surface area contributed by atoms with Gasteiger partial charge in [-0.2, -0.15) is 0 Å². The Kier molecular flexibility index (Phi) is 4.77. The molecule has 0 aliphatic carbocycles. The lowest BCUT2D eigenvalue weighted by atomic mass is 10.2. The van der Waals surface area contributed by atoms with Crippen molar-refractivity contribution in [3.63, 3.8) is 0 Å². The molecule has 3 heterocycles. The van der Waals surface area contributed by atoms with Crippen molar-refractivity contribution in [2.45, 2.75) is 26.3 Å². The molecule has 4 rings (SSSR count). The Bertz CT molecular complexity index is 961. The number of hydrogen-bond donors (Lipinski definition) is 1. The van der Waals surface area contributed by atoms with Crippen LogP contribution >= 0.6 is 11.3 Å². The lowest BCUT2D eigenvalue weighted by Gasteiger charge is -2.16. The molecule has 0 saturated carbocycles. The van der Waals surface area contributed by atoms with Gasteiger partial charge in [0.1, 0.15) is 5.69 Å². The van der Waals surface area contributed by atoms with E-state index in [1.54, 1.807) is 17.2 Å². The van der Waals surface area contributed by atoms with Crippen molar-refractivity contribution in [3.05, 3.63) is 58.8 Å². The second-order valence-corrected chi connectivity index (χ2v) is 7.60. The van der Waals surface area contributed by atoms with Crippen LogP contribution in [0.2, 0.25) is 0 Å². The van der Waals surface area contributed by atoms with E-state index in [2.05, 4.69) is 10.3 Å². The number of carbonyl (C=O) groups is 2. The minimum absolute atomic E-state index is 0.169. The number of thiazole rings is 1. The number of nitrogens with zero attached hydrogens (tertiary/aromatic N) is 2. The minimum Gasteiger partial charge on any atom is -0.462 e. The maximum Gasteiger partial charge on any atom is 0.271 e. The molecule has 0 radical (unpaired) electrons. The number of hydrogen-bond acceptors (Lipinski definition) is 5. The summed E-state index contributed by atoms with van der Waals surface area (Å²) >= 11 is 1.44. The van der Waals surface area contributed by atoms with Crippen molar-refractivity contribution >= 4 is 28.8 Å². The number of aromatic nitrogens is 1. The van der Waals surface area contributed by atoms with E-state index >= 15 is 0 Å². The molecule has 1 aliphatic rings. The number of furan rings is 1. The van der Waals surface area contributed by atoms with E-state index in [0.29, 0.717) is 29.4 Å². The Labute approximate surface area is 160 Å². The van der Waals surface area contributed by atoms with E-state index in [4.69, 9.17) is 4.42 Å². The summed E-state index contributed by atoms with van der Waals surface area (Å²) < 4.78 is 5.35. The first kappa shape index (κ1) is 17.5. The molecular formula is C20H19N3O3S. The molecule has 2 amide bonds. The van der Waals surface area contributed by atoms with Crippen molar-refractivity contribution in [2.75, 3.05) is 11.4 Å². The van der Waals surface area contributed by atoms with E-state index in [1.165, 1.54) is 11.3 Å². The summed E-state index contributed by atoms with van der Waals surface area (Å²) in [5.74, 6) is 0.622. The van der Waals surface area contributed by atoms with Crippen LogP contribution in [0.1, 0.15) is 33.8 Å². The lowest BCUT2D eigenvalue weighted by molar-refractivity contribution is -0.117. The van der Waals surface area contributed by atoms with Crippen LogP contribution in [0.4, 0.5) is 5.69 Å². The third-order valence-electron chi connectivity index (χ3n) is 4.52. The molecule has 3 aromatic rings. The van der Waals surface area contributed by atoms with Gasteiger partial charge in [-0.25, -0.2) is 4.98 Å². The number of aryl methyl sites for hydroxylation is 1. The average Bonchev–Trinajstić information content (AvgIpc) is 3.41. The first-order valence-corrected chi connectivity index (χ1v) is 9.62. The highest BCUT2D eigenvalue weighted by atomic mass is 32.1. The number of benzene rings is 1. The van der Waals surface area contributed by atoms with Gasteiger partial charge in [-0.1, -0.05) is 12.1 Å². The molecular weight excluding hydrogens is 362 g/mol. The highest BCUT2D eigenvalue weighted by molar-refractivity contribution is 7.15. The Balaban J connectivity index is 1.40. The van der Waals surface area contributed by atoms with E-state index in [1.807, 2.05) is 37.3 Å². The minimum atomic E-state index is -0.208. The van der Waals surface area contributed by atoms with E-state index in [-0.39, 0.29) is 11.8 Å². The summed E-state index contributed by atoms with van der Waals surface area (Å²) in [4.78, 5) is 31.4. The van der Waals surface area contributed by atoms with Gasteiger partial charge in [0.25, 0.3) is 5.91 Å². The molecule has 1 aromatic carbocycles. The Morgan fingerprint density at radius 2 is 2.11 bits per heavy atom. The molecule has 1 N–H and O–H groups in total. The monoisotopic (exact) mass is 381 g/mol. The SMILES string of the molecule is Cc1sc(-c2ccco2)nc1C(=O)NCc1ccc(N2CCCC2=O)cc1. The molecule has 1 saturated heterocycles. The molecule has 7 heteroatoms. The average molecular weight is 381 g/mol. The molecule has 1 fully saturated rings. The Morgan fingerprint density at radius 3 is 2.78 bits per heavy atom. The molecule has 1 aliphatic heterocycles. The van der Waals surface area contributed by atoms with Gasteiger partial charge in [0.15, 0.2) is 10.8 Å². The number of amides is 2. The van der Waals surface area contributed by atoms with Gasteiger partial charge in [0.05, 0.1) is 6.26 Å². The zero-order chi connectivity index (χ0) is 18.8. The quantitative estimate of drug-likeness (QED) is 0.730. The number of rotatable bonds is 5. The van der Waals surface area contributed by atoms with Crippen molar-refractivity contribution in [2.24, 2.45) is 0 Å². The van der Waals surface area contributed by atoms with E-state index in [0.717, 1.165) is 29.1 Å². The first-order chi connectivity index (χ1) is 13.1. The van der Waals surface area contributed by atoms with E-state index < -0.39 is 0 Å². The van der Waals surface area contributed by atoms with Crippen LogP contribution in [-0.4, -0.2) is 23.3 Å². The van der Waals surface area contributed by atoms with Gasteiger partial charge in [0, 0.05) is 30.1 Å². The fourth-order valence-corrected chi connectivity index (χ4v) is 3.97. The second-order valence-electron chi connectivity index (χ2n) is 6.40. The summed E-state index contributed by atoms with van der Waals surface area (Å²) in [5, 5.41) is 3.60. The van der Waals surface area contributed by atoms with Crippen LogP contribution in [0.5, 0.6) is 0 Å². The predicted octanol–water partition coefficient (Wildman–Crippen LogP) is 3.77. The second kappa shape index (κ2) is 7.36. The Morgan fingerprint density at radius 1 is 1.30 bits per heavy atom. The van der Waals surface area contributed by atoms with Gasteiger partial charge in [-0.05, 0) is 43.2 Å². The number of carbonyl (C=O) groups excluding carboxylic acids is 2. The van der Waals surface area contributed by atoms with Gasteiger partial charge < -0.3 is 14.6 Å². The van der Waals surface area contributed by atoms with Crippen LogP contribution < -0.4 is 10.2 Å².